The third-order valence-corrected chi connectivity index (χ3v) is 3.01. The van der Waals surface area contributed by atoms with Crippen LogP contribution in [0, 0.1) is 0 Å². The van der Waals surface area contributed by atoms with Crippen LogP contribution in [0.1, 0.15) is 23.6 Å². The number of nitrogens with zero attached hydrogens (tertiary/aromatic N) is 1. The standard InChI is InChI=1S/C14H18N4/c15-14-12(7-4-10-17-14)13(18-16)9-8-11-5-2-1-3-6-11/h1-7,10,13,18H,8-9,16H2,(H2,15,17). The van der Waals surface area contributed by atoms with Gasteiger partial charge in [-0.2, -0.15) is 0 Å². The predicted octanol–water partition coefficient (Wildman–Crippen LogP) is 1.80. The molecular weight excluding hydrogens is 224 g/mol. The molecule has 2 rings (SSSR count). The van der Waals surface area contributed by atoms with Gasteiger partial charge in [-0.1, -0.05) is 36.4 Å². The van der Waals surface area contributed by atoms with Crippen LogP contribution in [0.4, 0.5) is 5.82 Å². The minimum atomic E-state index is 0.0268. The number of rotatable bonds is 5. The average molecular weight is 242 g/mol. The lowest BCUT2D eigenvalue weighted by Crippen LogP contribution is -2.29. The van der Waals surface area contributed by atoms with Crippen LogP contribution in [-0.4, -0.2) is 4.98 Å². The van der Waals surface area contributed by atoms with Crippen molar-refractivity contribution in [2.75, 3.05) is 5.73 Å². The number of aryl methyl sites for hydroxylation is 1. The molecule has 2 aromatic rings. The summed E-state index contributed by atoms with van der Waals surface area (Å²) in [7, 11) is 0. The highest BCUT2D eigenvalue weighted by atomic mass is 15.2. The van der Waals surface area contributed by atoms with Gasteiger partial charge in [-0.25, -0.2) is 4.98 Å². The van der Waals surface area contributed by atoms with Gasteiger partial charge in [0.1, 0.15) is 5.82 Å². The molecule has 0 saturated carbocycles. The maximum atomic E-state index is 5.86. The highest BCUT2D eigenvalue weighted by molar-refractivity contribution is 5.40. The smallest absolute Gasteiger partial charge is 0.128 e. The van der Waals surface area contributed by atoms with Crippen LogP contribution in [0.25, 0.3) is 0 Å². The van der Waals surface area contributed by atoms with Gasteiger partial charge < -0.3 is 5.73 Å². The Bertz CT molecular complexity index is 484. The zero-order valence-electron chi connectivity index (χ0n) is 10.2. The summed E-state index contributed by atoms with van der Waals surface area (Å²) in [5.41, 5.74) is 10.9. The molecular formula is C14H18N4. The van der Waals surface area contributed by atoms with E-state index in [1.807, 2.05) is 30.3 Å². The minimum absolute atomic E-state index is 0.0268. The first-order chi connectivity index (χ1) is 8.81. The molecule has 0 aliphatic rings. The van der Waals surface area contributed by atoms with Gasteiger partial charge in [0.25, 0.3) is 0 Å². The number of aromatic nitrogens is 1. The van der Waals surface area contributed by atoms with Crippen LogP contribution < -0.4 is 17.0 Å². The molecule has 0 radical (unpaired) electrons. The third-order valence-electron chi connectivity index (χ3n) is 3.01. The fraction of sp³-hybridized carbons (Fsp3) is 0.214. The molecule has 0 fully saturated rings. The molecule has 0 saturated heterocycles. The molecule has 0 aliphatic heterocycles. The summed E-state index contributed by atoms with van der Waals surface area (Å²) in [6, 6.07) is 14.2. The van der Waals surface area contributed by atoms with E-state index in [4.69, 9.17) is 11.6 Å². The molecule has 1 unspecified atom stereocenters. The first kappa shape index (κ1) is 12.5. The number of pyridine rings is 1. The molecule has 0 spiro atoms. The number of benzene rings is 1. The zero-order valence-corrected chi connectivity index (χ0v) is 10.2. The lowest BCUT2D eigenvalue weighted by Gasteiger charge is -2.17. The van der Waals surface area contributed by atoms with Gasteiger partial charge >= 0.3 is 0 Å². The Labute approximate surface area is 107 Å². The van der Waals surface area contributed by atoms with Gasteiger partial charge in [0, 0.05) is 17.8 Å². The molecule has 5 N–H and O–H groups in total. The van der Waals surface area contributed by atoms with Crippen molar-refractivity contribution in [3.05, 3.63) is 59.8 Å². The molecule has 1 atom stereocenters. The van der Waals surface area contributed by atoms with E-state index in [0.717, 1.165) is 18.4 Å². The summed E-state index contributed by atoms with van der Waals surface area (Å²) >= 11 is 0. The molecule has 4 nitrogen and oxygen atoms in total. The van der Waals surface area contributed by atoms with Crippen LogP contribution >= 0.6 is 0 Å². The molecule has 0 amide bonds. The van der Waals surface area contributed by atoms with E-state index in [9.17, 15) is 0 Å². The lowest BCUT2D eigenvalue weighted by molar-refractivity contribution is 0.516. The summed E-state index contributed by atoms with van der Waals surface area (Å²) < 4.78 is 0. The summed E-state index contributed by atoms with van der Waals surface area (Å²) in [6.07, 6.45) is 3.52. The van der Waals surface area contributed by atoms with Gasteiger partial charge in [0.05, 0.1) is 0 Å². The summed E-state index contributed by atoms with van der Waals surface area (Å²) in [6.45, 7) is 0. The number of nitrogens with two attached hydrogens (primary N) is 2. The quantitative estimate of drug-likeness (QED) is 0.552. The van der Waals surface area contributed by atoms with Crippen molar-refractivity contribution in [3.63, 3.8) is 0 Å². The summed E-state index contributed by atoms with van der Waals surface area (Å²) in [4.78, 5) is 4.09. The highest BCUT2D eigenvalue weighted by Crippen LogP contribution is 2.22. The van der Waals surface area contributed by atoms with Crippen LogP contribution in [0.2, 0.25) is 0 Å². The molecule has 1 heterocycles. The van der Waals surface area contributed by atoms with E-state index < -0.39 is 0 Å². The Kier molecular flexibility index (Phi) is 4.28. The van der Waals surface area contributed by atoms with E-state index in [0.29, 0.717) is 5.82 Å². The molecule has 1 aromatic heterocycles. The van der Waals surface area contributed by atoms with Crippen molar-refractivity contribution in [2.24, 2.45) is 5.84 Å². The van der Waals surface area contributed by atoms with Crippen molar-refractivity contribution in [3.8, 4) is 0 Å². The number of hydrogen-bond donors (Lipinski definition) is 3. The Balaban J connectivity index is 2.04. The molecule has 0 aliphatic carbocycles. The Morgan fingerprint density at radius 2 is 1.89 bits per heavy atom. The van der Waals surface area contributed by atoms with Crippen molar-refractivity contribution in [1.82, 2.24) is 10.4 Å². The summed E-state index contributed by atoms with van der Waals surface area (Å²) in [5.74, 6) is 6.14. The largest absolute Gasteiger partial charge is 0.383 e. The average Bonchev–Trinajstić information content (AvgIpc) is 2.42. The second-order valence-corrected chi connectivity index (χ2v) is 4.22. The Morgan fingerprint density at radius 3 is 2.56 bits per heavy atom. The number of hydrazine groups is 1. The maximum Gasteiger partial charge on any atom is 0.128 e. The molecule has 1 aromatic carbocycles. The van der Waals surface area contributed by atoms with Crippen LogP contribution in [0.5, 0.6) is 0 Å². The van der Waals surface area contributed by atoms with Crippen LogP contribution in [0.3, 0.4) is 0 Å². The van der Waals surface area contributed by atoms with Crippen LogP contribution in [-0.2, 0) is 6.42 Å². The lowest BCUT2D eigenvalue weighted by atomic mass is 10.00. The number of nitrogen functional groups attached to an aromatic ring is 1. The molecule has 18 heavy (non-hydrogen) atoms. The van der Waals surface area contributed by atoms with Gasteiger partial charge in [-0.15, -0.1) is 0 Å². The number of nitrogens with one attached hydrogen (secondary N) is 1. The molecule has 4 heteroatoms. The number of anilines is 1. The Hall–Kier alpha value is -1.91. The molecule has 94 valence electrons. The van der Waals surface area contributed by atoms with E-state index in [1.165, 1.54) is 5.56 Å². The van der Waals surface area contributed by atoms with Crippen LogP contribution in [0.15, 0.2) is 48.7 Å². The third kappa shape index (κ3) is 3.06. The predicted molar refractivity (Wildman–Crippen MR) is 73.5 cm³/mol. The second kappa shape index (κ2) is 6.14. The second-order valence-electron chi connectivity index (χ2n) is 4.22. The zero-order chi connectivity index (χ0) is 12.8. The SMILES string of the molecule is NNC(CCc1ccccc1)c1cccnc1N. The highest BCUT2D eigenvalue weighted by Gasteiger charge is 2.12. The van der Waals surface area contributed by atoms with Crippen molar-refractivity contribution >= 4 is 5.82 Å². The fourth-order valence-electron chi connectivity index (χ4n) is 2.01. The fourth-order valence-corrected chi connectivity index (χ4v) is 2.01. The van der Waals surface area contributed by atoms with Gasteiger partial charge in [0.2, 0.25) is 0 Å². The van der Waals surface area contributed by atoms with E-state index in [-0.39, 0.29) is 6.04 Å². The number of hydrogen-bond acceptors (Lipinski definition) is 4. The summed E-state index contributed by atoms with van der Waals surface area (Å²) in [5, 5.41) is 0. The minimum Gasteiger partial charge on any atom is -0.383 e. The normalized spacial score (nSPS) is 12.3. The maximum absolute atomic E-state index is 5.86. The van der Waals surface area contributed by atoms with E-state index in [2.05, 4.69) is 22.5 Å². The van der Waals surface area contributed by atoms with Gasteiger partial charge in [0.15, 0.2) is 0 Å². The van der Waals surface area contributed by atoms with Gasteiger partial charge in [-0.05, 0) is 24.5 Å². The topological polar surface area (TPSA) is 77.0 Å². The first-order valence-electron chi connectivity index (χ1n) is 6.01. The van der Waals surface area contributed by atoms with E-state index >= 15 is 0 Å². The van der Waals surface area contributed by atoms with E-state index in [1.54, 1.807) is 6.20 Å². The Morgan fingerprint density at radius 1 is 1.11 bits per heavy atom. The van der Waals surface area contributed by atoms with Crippen molar-refractivity contribution in [2.45, 2.75) is 18.9 Å². The van der Waals surface area contributed by atoms with Crippen molar-refractivity contribution < 1.29 is 0 Å². The van der Waals surface area contributed by atoms with Crippen molar-refractivity contribution in [1.29, 1.82) is 0 Å². The monoisotopic (exact) mass is 242 g/mol. The molecule has 0 bridgehead atoms. The van der Waals surface area contributed by atoms with Gasteiger partial charge in [-0.3, -0.25) is 11.3 Å². The first-order valence-corrected chi connectivity index (χ1v) is 6.01.